The van der Waals surface area contributed by atoms with Gasteiger partial charge in [-0.3, -0.25) is 9.78 Å². The number of benzene rings is 1. The summed E-state index contributed by atoms with van der Waals surface area (Å²) in [6.07, 6.45) is 6.39. The van der Waals surface area contributed by atoms with Gasteiger partial charge in [-0.2, -0.15) is 0 Å². The van der Waals surface area contributed by atoms with Gasteiger partial charge >= 0.3 is 0 Å². The molecular formula is C15H15N2O. The van der Waals surface area contributed by atoms with Crippen LogP contribution in [0.15, 0.2) is 42.7 Å². The summed E-state index contributed by atoms with van der Waals surface area (Å²) >= 11 is 0. The Labute approximate surface area is 107 Å². The van der Waals surface area contributed by atoms with E-state index in [2.05, 4.69) is 17.5 Å². The first-order valence-electron chi connectivity index (χ1n) is 5.79. The van der Waals surface area contributed by atoms with Crippen LogP contribution in [-0.2, 0) is 6.42 Å². The second-order valence-corrected chi connectivity index (χ2v) is 4.27. The highest BCUT2D eigenvalue weighted by Gasteiger charge is 2.04. The summed E-state index contributed by atoms with van der Waals surface area (Å²) in [5, 5.41) is 0. The maximum atomic E-state index is 11.2. The summed E-state index contributed by atoms with van der Waals surface area (Å²) in [6, 6.07) is 9.59. The number of aromatic nitrogens is 1. The molecule has 0 fully saturated rings. The molecule has 0 spiro atoms. The van der Waals surface area contributed by atoms with Crippen molar-refractivity contribution in [2.45, 2.75) is 13.3 Å². The highest BCUT2D eigenvalue weighted by atomic mass is 16.1. The average Bonchev–Trinajstić information content (AvgIpc) is 2.37. The first-order valence-corrected chi connectivity index (χ1v) is 5.79. The van der Waals surface area contributed by atoms with Crippen LogP contribution in [0.3, 0.4) is 0 Å². The van der Waals surface area contributed by atoms with Crippen molar-refractivity contribution in [2.24, 2.45) is 5.73 Å². The molecule has 18 heavy (non-hydrogen) atoms. The van der Waals surface area contributed by atoms with Crippen LogP contribution < -0.4 is 5.73 Å². The van der Waals surface area contributed by atoms with Gasteiger partial charge in [0.05, 0.1) is 0 Å². The van der Waals surface area contributed by atoms with Gasteiger partial charge in [-0.15, -0.1) is 0 Å². The molecule has 1 heterocycles. The number of rotatable bonds is 4. The number of aryl methyl sites for hydroxylation is 1. The standard InChI is InChI=1S/C15H15N2O/c1-11-7-13(9-14(8-11)15(16)18)5-4-12-3-2-6-17-10-12/h2-4,6-10H,5H2,1H3,(H2,16,18). The van der Waals surface area contributed by atoms with E-state index >= 15 is 0 Å². The van der Waals surface area contributed by atoms with Gasteiger partial charge in [0.15, 0.2) is 0 Å². The first-order chi connectivity index (χ1) is 8.65. The molecule has 91 valence electrons. The fraction of sp³-hybridized carbons (Fsp3) is 0.133. The zero-order chi connectivity index (χ0) is 13.0. The van der Waals surface area contributed by atoms with Crippen LogP contribution >= 0.6 is 0 Å². The fourth-order valence-electron chi connectivity index (χ4n) is 1.85. The van der Waals surface area contributed by atoms with Crippen LogP contribution in [0.2, 0.25) is 0 Å². The SMILES string of the molecule is Cc1cc(C[CH]c2cccnc2)cc(C(N)=O)c1. The Hall–Kier alpha value is -2.16. The molecule has 1 radical (unpaired) electrons. The van der Waals surface area contributed by atoms with Crippen LogP contribution in [-0.4, -0.2) is 10.9 Å². The van der Waals surface area contributed by atoms with E-state index in [0.717, 1.165) is 23.1 Å². The van der Waals surface area contributed by atoms with Crippen molar-refractivity contribution in [3.63, 3.8) is 0 Å². The van der Waals surface area contributed by atoms with Crippen molar-refractivity contribution >= 4 is 5.91 Å². The third kappa shape index (κ3) is 3.17. The second kappa shape index (κ2) is 5.45. The van der Waals surface area contributed by atoms with E-state index in [0.29, 0.717) is 5.56 Å². The quantitative estimate of drug-likeness (QED) is 0.889. The molecule has 2 aromatic rings. The van der Waals surface area contributed by atoms with Gasteiger partial charge in [-0.1, -0.05) is 17.7 Å². The molecular weight excluding hydrogens is 224 g/mol. The van der Waals surface area contributed by atoms with E-state index in [9.17, 15) is 4.79 Å². The molecule has 3 nitrogen and oxygen atoms in total. The minimum absolute atomic E-state index is 0.388. The van der Waals surface area contributed by atoms with Gasteiger partial charge in [0.2, 0.25) is 5.91 Å². The maximum absolute atomic E-state index is 11.2. The molecule has 0 saturated carbocycles. The number of hydrogen-bond acceptors (Lipinski definition) is 2. The van der Waals surface area contributed by atoms with E-state index in [-0.39, 0.29) is 5.91 Å². The van der Waals surface area contributed by atoms with E-state index < -0.39 is 0 Å². The van der Waals surface area contributed by atoms with Crippen LogP contribution in [0.4, 0.5) is 0 Å². The monoisotopic (exact) mass is 239 g/mol. The van der Waals surface area contributed by atoms with E-state index in [4.69, 9.17) is 5.73 Å². The molecule has 0 aliphatic carbocycles. The second-order valence-electron chi connectivity index (χ2n) is 4.27. The van der Waals surface area contributed by atoms with Gasteiger partial charge in [-0.25, -0.2) is 0 Å². The average molecular weight is 239 g/mol. The van der Waals surface area contributed by atoms with Crippen LogP contribution in [0.5, 0.6) is 0 Å². The molecule has 0 aliphatic heterocycles. The molecule has 1 aromatic heterocycles. The van der Waals surface area contributed by atoms with Crippen molar-refractivity contribution in [1.29, 1.82) is 0 Å². The Morgan fingerprint density at radius 1 is 1.39 bits per heavy atom. The molecule has 0 atom stereocenters. The summed E-state index contributed by atoms with van der Waals surface area (Å²) in [5.41, 5.74) is 9.05. The van der Waals surface area contributed by atoms with E-state index in [1.54, 1.807) is 12.3 Å². The zero-order valence-electron chi connectivity index (χ0n) is 10.3. The highest BCUT2D eigenvalue weighted by molar-refractivity contribution is 5.93. The number of carbonyl (C=O) groups excluding carboxylic acids is 1. The molecule has 0 saturated heterocycles. The lowest BCUT2D eigenvalue weighted by molar-refractivity contribution is 0.1000. The topological polar surface area (TPSA) is 56.0 Å². The molecule has 0 aliphatic rings. The van der Waals surface area contributed by atoms with Crippen LogP contribution in [0, 0.1) is 13.3 Å². The minimum Gasteiger partial charge on any atom is -0.366 e. The lowest BCUT2D eigenvalue weighted by atomic mass is 10.0. The molecule has 0 bridgehead atoms. The third-order valence-corrected chi connectivity index (χ3v) is 2.68. The van der Waals surface area contributed by atoms with Crippen molar-refractivity contribution in [1.82, 2.24) is 4.98 Å². The summed E-state index contributed by atoms with van der Waals surface area (Å²) in [7, 11) is 0. The fourth-order valence-corrected chi connectivity index (χ4v) is 1.85. The van der Waals surface area contributed by atoms with Crippen molar-refractivity contribution in [3.8, 4) is 0 Å². The molecule has 2 rings (SSSR count). The maximum Gasteiger partial charge on any atom is 0.248 e. The van der Waals surface area contributed by atoms with E-state index in [1.165, 1.54) is 0 Å². The number of amides is 1. The van der Waals surface area contributed by atoms with Gasteiger partial charge in [0.1, 0.15) is 0 Å². The van der Waals surface area contributed by atoms with Crippen molar-refractivity contribution in [2.75, 3.05) is 0 Å². The molecule has 1 amide bonds. The number of primary amides is 1. The normalized spacial score (nSPS) is 10.3. The number of pyridine rings is 1. The number of nitrogens with zero attached hydrogens (tertiary/aromatic N) is 1. The largest absolute Gasteiger partial charge is 0.366 e. The highest BCUT2D eigenvalue weighted by Crippen LogP contribution is 2.13. The molecule has 1 aromatic carbocycles. The Kier molecular flexibility index (Phi) is 3.72. The van der Waals surface area contributed by atoms with Gasteiger partial charge in [-0.05, 0) is 49.1 Å². The Morgan fingerprint density at radius 3 is 2.89 bits per heavy atom. The van der Waals surface area contributed by atoms with Crippen LogP contribution in [0.25, 0.3) is 0 Å². The summed E-state index contributed by atoms with van der Waals surface area (Å²) in [4.78, 5) is 15.2. The summed E-state index contributed by atoms with van der Waals surface area (Å²) < 4.78 is 0. The number of nitrogens with two attached hydrogens (primary N) is 1. The summed E-state index contributed by atoms with van der Waals surface area (Å²) in [5.74, 6) is -0.388. The molecule has 3 heteroatoms. The van der Waals surface area contributed by atoms with Crippen molar-refractivity contribution < 1.29 is 4.79 Å². The van der Waals surface area contributed by atoms with Gasteiger partial charge in [0, 0.05) is 18.0 Å². The Balaban J connectivity index is 2.12. The lowest BCUT2D eigenvalue weighted by Crippen LogP contribution is -2.11. The minimum atomic E-state index is -0.388. The van der Waals surface area contributed by atoms with Crippen LogP contribution in [0.1, 0.15) is 27.0 Å². The first kappa shape index (κ1) is 12.3. The van der Waals surface area contributed by atoms with Gasteiger partial charge in [0.25, 0.3) is 0 Å². The van der Waals surface area contributed by atoms with E-state index in [1.807, 2.05) is 31.3 Å². The number of hydrogen-bond donors (Lipinski definition) is 1. The van der Waals surface area contributed by atoms with Crippen molar-refractivity contribution in [3.05, 3.63) is 71.4 Å². The summed E-state index contributed by atoms with van der Waals surface area (Å²) in [6.45, 7) is 1.96. The molecule has 2 N–H and O–H groups in total. The van der Waals surface area contributed by atoms with Gasteiger partial charge < -0.3 is 5.73 Å². The third-order valence-electron chi connectivity index (χ3n) is 2.68. The lowest BCUT2D eigenvalue weighted by Gasteiger charge is -2.05. The predicted octanol–water partition coefficient (Wildman–Crippen LogP) is 2.28. The molecule has 0 unspecified atom stereocenters. The predicted molar refractivity (Wildman–Crippen MR) is 71.0 cm³/mol. The Bertz CT molecular complexity index is 550. The Morgan fingerprint density at radius 2 is 2.22 bits per heavy atom. The zero-order valence-corrected chi connectivity index (χ0v) is 10.3. The smallest absolute Gasteiger partial charge is 0.248 e. The number of carbonyl (C=O) groups is 1.